The Morgan fingerprint density at radius 1 is 1.10 bits per heavy atom. The van der Waals surface area contributed by atoms with Crippen LogP contribution in [-0.4, -0.2) is 31.9 Å². The summed E-state index contributed by atoms with van der Waals surface area (Å²) < 4.78 is 11.2. The lowest BCUT2D eigenvalue weighted by molar-refractivity contribution is 0.0765. The molecule has 1 unspecified atom stereocenters. The number of methoxy groups -OCH3 is 1. The highest BCUT2D eigenvalue weighted by atomic mass is 16.5. The van der Waals surface area contributed by atoms with Gasteiger partial charge in [0.1, 0.15) is 11.9 Å². The van der Waals surface area contributed by atoms with Gasteiger partial charge in [-0.3, -0.25) is 0 Å². The van der Waals surface area contributed by atoms with Gasteiger partial charge in [0, 0.05) is 19.2 Å². The van der Waals surface area contributed by atoms with E-state index in [0.29, 0.717) is 12.5 Å². The first-order valence-electron chi connectivity index (χ1n) is 7.32. The second-order valence-electron chi connectivity index (χ2n) is 6.55. The molecule has 0 aliphatic rings. The van der Waals surface area contributed by atoms with Gasteiger partial charge in [-0.15, -0.1) is 0 Å². The summed E-state index contributed by atoms with van der Waals surface area (Å²) >= 11 is 0. The van der Waals surface area contributed by atoms with E-state index in [2.05, 4.69) is 52.1 Å². The Bertz CT molecular complexity index is 379. The molecule has 0 aliphatic carbocycles. The van der Waals surface area contributed by atoms with Crippen molar-refractivity contribution in [3.8, 4) is 5.75 Å². The zero-order chi connectivity index (χ0) is 15.2. The van der Waals surface area contributed by atoms with Gasteiger partial charge in [-0.2, -0.15) is 0 Å². The molecule has 0 heterocycles. The summed E-state index contributed by atoms with van der Waals surface area (Å²) in [6, 6.07) is 8.33. The Kier molecular flexibility index (Phi) is 6.50. The lowest BCUT2D eigenvalue weighted by atomic mass is 10.0. The van der Waals surface area contributed by atoms with E-state index in [0.717, 1.165) is 12.3 Å². The van der Waals surface area contributed by atoms with Crippen molar-refractivity contribution in [2.45, 2.75) is 52.2 Å². The van der Waals surface area contributed by atoms with E-state index in [4.69, 9.17) is 9.47 Å². The first kappa shape index (κ1) is 17.0. The molecule has 20 heavy (non-hydrogen) atoms. The highest BCUT2D eigenvalue weighted by Gasteiger charge is 2.15. The first-order chi connectivity index (χ1) is 9.31. The van der Waals surface area contributed by atoms with E-state index in [1.807, 2.05) is 12.1 Å². The summed E-state index contributed by atoms with van der Waals surface area (Å²) in [5, 5.41) is 3.45. The Balaban J connectivity index is 2.60. The van der Waals surface area contributed by atoms with Gasteiger partial charge in [0.05, 0.1) is 6.61 Å². The van der Waals surface area contributed by atoms with Crippen LogP contribution in [0.2, 0.25) is 0 Å². The fraction of sp³-hybridized carbons (Fsp3) is 0.647. The van der Waals surface area contributed by atoms with Crippen LogP contribution in [0.1, 0.15) is 46.1 Å². The monoisotopic (exact) mass is 279 g/mol. The average molecular weight is 279 g/mol. The number of benzene rings is 1. The van der Waals surface area contributed by atoms with Crippen LogP contribution in [0, 0.1) is 0 Å². The quantitative estimate of drug-likeness (QED) is 0.827. The van der Waals surface area contributed by atoms with E-state index in [1.54, 1.807) is 7.11 Å². The molecule has 0 fully saturated rings. The van der Waals surface area contributed by atoms with Gasteiger partial charge < -0.3 is 14.8 Å². The molecule has 1 aromatic carbocycles. The van der Waals surface area contributed by atoms with Crippen molar-refractivity contribution in [1.29, 1.82) is 0 Å². The predicted octanol–water partition coefficient (Wildman–Crippen LogP) is 3.59. The Morgan fingerprint density at radius 3 is 2.15 bits per heavy atom. The van der Waals surface area contributed by atoms with Crippen LogP contribution in [0.15, 0.2) is 24.3 Å². The zero-order valence-corrected chi connectivity index (χ0v) is 13.7. The van der Waals surface area contributed by atoms with Crippen molar-refractivity contribution >= 4 is 0 Å². The molecule has 1 N–H and O–H groups in total. The van der Waals surface area contributed by atoms with Gasteiger partial charge >= 0.3 is 0 Å². The van der Waals surface area contributed by atoms with E-state index < -0.39 is 0 Å². The normalized spacial score (nSPS) is 13.6. The third-order valence-corrected chi connectivity index (χ3v) is 3.06. The lowest BCUT2D eigenvalue weighted by Gasteiger charge is -2.25. The predicted molar refractivity (Wildman–Crippen MR) is 84.6 cm³/mol. The average Bonchev–Trinajstić information content (AvgIpc) is 2.36. The largest absolute Gasteiger partial charge is 0.487 e. The second-order valence-corrected chi connectivity index (χ2v) is 6.55. The van der Waals surface area contributed by atoms with Crippen molar-refractivity contribution in [3.63, 3.8) is 0 Å². The van der Waals surface area contributed by atoms with Gasteiger partial charge in [0.2, 0.25) is 0 Å². The number of ether oxygens (including phenoxy) is 2. The summed E-state index contributed by atoms with van der Waals surface area (Å²) in [4.78, 5) is 0. The smallest absolute Gasteiger partial charge is 0.134 e. The van der Waals surface area contributed by atoms with Gasteiger partial charge in [-0.1, -0.05) is 26.0 Å². The number of hydrogen-bond acceptors (Lipinski definition) is 3. The molecule has 3 nitrogen and oxygen atoms in total. The Labute approximate surface area is 123 Å². The van der Waals surface area contributed by atoms with E-state index in [9.17, 15) is 0 Å². The molecule has 0 radical (unpaired) electrons. The van der Waals surface area contributed by atoms with Crippen LogP contribution < -0.4 is 10.1 Å². The van der Waals surface area contributed by atoms with Crippen LogP contribution in [-0.2, 0) is 4.74 Å². The van der Waals surface area contributed by atoms with Gasteiger partial charge in [-0.25, -0.2) is 0 Å². The molecular formula is C17H29NO2. The standard InChI is InChI=1S/C17H29NO2/c1-13(2)14-7-9-15(10-8-14)20-16(12-19-6)11-18-17(3,4)5/h7-10,13,16,18H,11-12H2,1-6H3. The van der Waals surface area contributed by atoms with E-state index in [-0.39, 0.29) is 11.6 Å². The van der Waals surface area contributed by atoms with Crippen LogP contribution >= 0.6 is 0 Å². The fourth-order valence-electron chi connectivity index (χ4n) is 1.86. The summed E-state index contributed by atoms with van der Waals surface area (Å²) in [5.74, 6) is 1.44. The minimum absolute atomic E-state index is 0.0177. The highest BCUT2D eigenvalue weighted by Crippen LogP contribution is 2.19. The molecule has 0 saturated heterocycles. The van der Waals surface area contributed by atoms with Crippen molar-refractivity contribution in [2.75, 3.05) is 20.3 Å². The summed E-state index contributed by atoms with van der Waals surface area (Å²) in [6.45, 7) is 12.2. The summed E-state index contributed by atoms with van der Waals surface area (Å²) in [5.41, 5.74) is 1.41. The molecule has 1 atom stereocenters. The van der Waals surface area contributed by atoms with Gasteiger partial charge in [0.15, 0.2) is 0 Å². The number of hydrogen-bond donors (Lipinski definition) is 1. The zero-order valence-electron chi connectivity index (χ0n) is 13.7. The van der Waals surface area contributed by atoms with Crippen LogP contribution in [0.5, 0.6) is 5.75 Å². The molecule has 114 valence electrons. The molecule has 0 saturated carbocycles. The van der Waals surface area contributed by atoms with Crippen molar-refractivity contribution in [3.05, 3.63) is 29.8 Å². The summed E-state index contributed by atoms with van der Waals surface area (Å²) in [7, 11) is 1.70. The maximum absolute atomic E-state index is 6.00. The van der Waals surface area contributed by atoms with E-state index in [1.165, 1.54) is 5.56 Å². The molecular weight excluding hydrogens is 250 g/mol. The third kappa shape index (κ3) is 6.40. The van der Waals surface area contributed by atoms with Crippen LogP contribution in [0.25, 0.3) is 0 Å². The third-order valence-electron chi connectivity index (χ3n) is 3.06. The Morgan fingerprint density at radius 2 is 1.70 bits per heavy atom. The maximum Gasteiger partial charge on any atom is 0.134 e. The fourth-order valence-corrected chi connectivity index (χ4v) is 1.86. The maximum atomic E-state index is 6.00. The van der Waals surface area contributed by atoms with Crippen molar-refractivity contribution in [1.82, 2.24) is 5.32 Å². The van der Waals surface area contributed by atoms with Crippen molar-refractivity contribution in [2.24, 2.45) is 0 Å². The minimum atomic E-state index is 0.0177. The second kappa shape index (κ2) is 7.65. The lowest BCUT2D eigenvalue weighted by Crippen LogP contribution is -2.44. The number of nitrogens with one attached hydrogen (secondary N) is 1. The SMILES string of the molecule is COCC(CNC(C)(C)C)Oc1ccc(C(C)C)cc1. The van der Waals surface area contributed by atoms with E-state index >= 15 is 0 Å². The summed E-state index contributed by atoms with van der Waals surface area (Å²) in [6.07, 6.45) is 0.0177. The van der Waals surface area contributed by atoms with Gasteiger partial charge in [-0.05, 0) is 44.4 Å². The minimum Gasteiger partial charge on any atom is -0.487 e. The highest BCUT2D eigenvalue weighted by molar-refractivity contribution is 5.29. The number of rotatable bonds is 7. The van der Waals surface area contributed by atoms with Crippen LogP contribution in [0.4, 0.5) is 0 Å². The molecule has 0 spiro atoms. The molecule has 0 aliphatic heterocycles. The Hall–Kier alpha value is -1.06. The molecule has 1 aromatic rings. The van der Waals surface area contributed by atoms with Crippen molar-refractivity contribution < 1.29 is 9.47 Å². The topological polar surface area (TPSA) is 30.5 Å². The molecule has 3 heteroatoms. The molecule has 0 aromatic heterocycles. The molecule has 1 rings (SSSR count). The van der Waals surface area contributed by atoms with Crippen LogP contribution in [0.3, 0.4) is 0 Å². The molecule has 0 amide bonds. The molecule has 0 bridgehead atoms. The first-order valence-corrected chi connectivity index (χ1v) is 7.32. The van der Waals surface area contributed by atoms with Gasteiger partial charge in [0.25, 0.3) is 0 Å².